The first kappa shape index (κ1) is 20.0. The van der Waals surface area contributed by atoms with Gasteiger partial charge in [-0.1, -0.05) is 12.1 Å². The molecular weight excluding hydrogens is 350 g/mol. The summed E-state index contributed by atoms with van der Waals surface area (Å²) in [5.74, 6) is 0.782. The van der Waals surface area contributed by atoms with Crippen molar-refractivity contribution >= 4 is 17.3 Å². The zero-order valence-electron chi connectivity index (χ0n) is 15.7. The van der Waals surface area contributed by atoms with Crippen molar-refractivity contribution < 1.29 is 19.2 Å². The molecule has 2 N–H and O–H groups in total. The monoisotopic (exact) mass is 373 g/mol. The number of carbonyl (C=O) groups is 1. The summed E-state index contributed by atoms with van der Waals surface area (Å²) in [5, 5.41) is 17.2. The van der Waals surface area contributed by atoms with Crippen LogP contribution in [0.1, 0.15) is 29.8 Å². The molecule has 0 radical (unpaired) electrons. The van der Waals surface area contributed by atoms with Crippen molar-refractivity contribution in [1.29, 1.82) is 0 Å². The zero-order valence-corrected chi connectivity index (χ0v) is 15.7. The Morgan fingerprint density at radius 2 is 1.93 bits per heavy atom. The highest BCUT2D eigenvalue weighted by Crippen LogP contribution is 2.32. The van der Waals surface area contributed by atoms with Gasteiger partial charge in [-0.15, -0.1) is 0 Å². The van der Waals surface area contributed by atoms with Crippen LogP contribution in [0.2, 0.25) is 0 Å². The van der Waals surface area contributed by atoms with Crippen LogP contribution in [0.25, 0.3) is 0 Å². The van der Waals surface area contributed by atoms with Crippen LogP contribution < -0.4 is 20.1 Å². The summed E-state index contributed by atoms with van der Waals surface area (Å²) in [6, 6.07) is 9.71. The molecule has 0 heterocycles. The average molecular weight is 373 g/mol. The molecule has 0 saturated heterocycles. The maximum absolute atomic E-state index is 12.1. The van der Waals surface area contributed by atoms with E-state index in [-0.39, 0.29) is 23.2 Å². The zero-order chi connectivity index (χ0) is 20.0. The van der Waals surface area contributed by atoms with Crippen molar-refractivity contribution in [3.05, 3.63) is 57.6 Å². The summed E-state index contributed by atoms with van der Waals surface area (Å²) >= 11 is 0. The summed E-state index contributed by atoms with van der Waals surface area (Å²) in [6.45, 7) is 3.94. The Morgan fingerprint density at radius 1 is 1.19 bits per heavy atom. The number of hydrogen-bond acceptors (Lipinski definition) is 6. The van der Waals surface area contributed by atoms with E-state index in [2.05, 4.69) is 10.6 Å². The fraction of sp³-hybridized carbons (Fsp3) is 0.316. The number of amides is 1. The van der Waals surface area contributed by atoms with Gasteiger partial charge in [0.15, 0.2) is 11.5 Å². The first-order valence-electron chi connectivity index (χ1n) is 8.40. The molecule has 144 valence electrons. The van der Waals surface area contributed by atoms with Crippen LogP contribution in [-0.4, -0.2) is 31.1 Å². The highest BCUT2D eigenvalue weighted by atomic mass is 16.6. The van der Waals surface area contributed by atoms with E-state index in [1.165, 1.54) is 19.2 Å². The second kappa shape index (κ2) is 8.88. The van der Waals surface area contributed by atoms with Crippen LogP contribution >= 0.6 is 0 Å². The minimum Gasteiger partial charge on any atom is -0.493 e. The third kappa shape index (κ3) is 4.87. The van der Waals surface area contributed by atoms with Crippen LogP contribution in [0.3, 0.4) is 0 Å². The molecule has 2 aromatic carbocycles. The second-order valence-electron chi connectivity index (χ2n) is 6.12. The number of ether oxygens (including phenoxy) is 2. The molecular formula is C19H23N3O5. The minimum absolute atomic E-state index is 0.0603. The molecule has 0 aliphatic heterocycles. The fourth-order valence-electron chi connectivity index (χ4n) is 2.60. The molecule has 0 unspecified atom stereocenters. The number of para-hydroxylation sites is 1. The molecule has 2 rings (SSSR count). The molecule has 0 aromatic heterocycles. The molecule has 8 heteroatoms. The Hall–Kier alpha value is -3.29. The molecule has 0 fully saturated rings. The van der Waals surface area contributed by atoms with Crippen molar-refractivity contribution in [1.82, 2.24) is 5.32 Å². The van der Waals surface area contributed by atoms with Gasteiger partial charge >= 0.3 is 0 Å². The lowest BCUT2D eigenvalue weighted by molar-refractivity contribution is -0.384. The van der Waals surface area contributed by atoms with E-state index in [0.717, 1.165) is 5.56 Å². The molecule has 0 aliphatic rings. The van der Waals surface area contributed by atoms with Crippen molar-refractivity contribution in [2.24, 2.45) is 0 Å². The largest absolute Gasteiger partial charge is 0.493 e. The lowest BCUT2D eigenvalue weighted by Gasteiger charge is -2.14. The number of nitrogens with one attached hydrogen (secondary N) is 2. The van der Waals surface area contributed by atoms with Gasteiger partial charge in [-0.25, -0.2) is 0 Å². The number of hydrogen-bond donors (Lipinski definition) is 2. The number of rotatable bonds is 8. The van der Waals surface area contributed by atoms with E-state index in [4.69, 9.17) is 9.47 Å². The number of nitro groups is 1. The SMILES string of the molecule is COc1cccc(CNc2ccc(C(=O)NC(C)C)cc2[N+](=O)[O-])c1OC. The summed E-state index contributed by atoms with van der Waals surface area (Å²) in [6.07, 6.45) is 0. The van der Waals surface area contributed by atoms with Crippen LogP contribution in [0.5, 0.6) is 11.5 Å². The number of carbonyl (C=O) groups excluding carboxylic acids is 1. The first-order valence-corrected chi connectivity index (χ1v) is 8.40. The average Bonchev–Trinajstić information content (AvgIpc) is 2.64. The predicted molar refractivity (Wildman–Crippen MR) is 103 cm³/mol. The third-order valence-electron chi connectivity index (χ3n) is 3.83. The summed E-state index contributed by atoms with van der Waals surface area (Å²) < 4.78 is 10.6. The van der Waals surface area contributed by atoms with E-state index < -0.39 is 4.92 Å². The Kier molecular flexibility index (Phi) is 6.59. The Balaban J connectivity index is 2.27. The van der Waals surface area contributed by atoms with Crippen molar-refractivity contribution in [3.63, 3.8) is 0 Å². The topological polar surface area (TPSA) is 103 Å². The maximum atomic E-state index is 12.1. The first-order chi connectivity index (χ1) is 12.9. The van der Waals surface area contributed by atoms with Crippen molar-refractivity contribution in [3.8, 4) is 11.5 Å². The summed E-state index contributed by atoms with van der Waals surface area (Å²) in [4.78, 5) is 23.0. The van der Waals surface area contributed by atoms with E-state index >= 15 is 0 Å². The number of nitro benzene ring substituents is 1. The van der Waals surface area contributed by atoms with Gasteiger partial charge in [0.2, 0.25) is 0 Å². The van der Waals surface area contributed by atoms with Gasteiger partial charge in [0.05, 0.1) is 19.1 Å². The number of nitrogens with zero attached hydrogens (tertiary/aromatic N) is 1. The Labute approximate surface area is 157 Å². The van der Waals surface area contributed by atoms with Gasteiger partial charge < -0.3 is 20.1 Å². The van der Waals surface area contributed by atoms with Crippen LogP contribution in [0.15, 0.2) is 36.4 Å². The van der Waals surface area contributed by atoms with Gasteiger partial charge in [0.25, 0.3) is 11.6 Å². The minimum atomic E-state index is -0.517. The highest BCUT2D eigenvalue weighted by molar-refractivity contribution is 5.95. The number of methoxy groups -OCH3 is 2. The van der Waals surface area contributed by atoms with Crippen LogP contribution in [0.4, 0.5) is 11.4 Å². The fourth-order valence-corrected chi connectivity index (χ4v) is 2.60. The van der Waals surface area contributed by atoms with Crippen molar-refractivity contribution in [2.45, 2.75) is 26.4 Å². The molecule has 0 saturated carbocycles. The van der Waals surface area contributed by atoms with Crippen molar-refractivity contribution in [2.75, 3.05) is 19.5 Å². The van der Waals surface area contributed by atoms with E-state index in [1.54, 1.807) is 19.2 Å². The number of anilines is 1. The highest BCUT2D eigenvalue weighted by Gasteiger charge is 2.18. The Morgan fingerprint density at radius 3 is 2.52 bits per heavy atom. The van der Waals surface area contributed by atoms with Crippen LogP contribution in [-0.2, 0) is 6.54 Å². The lowest BCUT2D eigenvalue weighted by Crippen LogP contribution is -2.30. The molecule has 8 nitrogen and oxygen atoms in total. The van der Waals surface area contributed by atoms with Crippen LogP contribution in [0, 0.1) is 10.1 Å². The number of benzene rings is 2. The summed E-state index contributed by atoms with van der Waals surface area (Å²) in [5.41, 5.74) is 1.16. The molecule has 27 heavy (non-hydrogen) atoms. The van der Waals surface area contributed by atoms with Gasteiger partial charge in [0, 0.05) is 29.8 Å². The predicted octanol–water partition coefficient (Wildman–Crippen LogP) is 3.36. The van der Waals surface area contributed by atoms with Gasteiger partial charge in [-0.2, -0.15) is 0 Å². The Bertz CT molecular complexity index is 836. The van der Waals surface area contributed by atoms with Gasteiger partial charge in [-0.3, -0.25) is 14.9 Å². The van der Waals surface area contributed by atoms with E-state index in [0.29, 0.717) is 23.7 Å². The van der Waals surface area contributed by atoms with E-state index in [1.807, 2.05) is 26.0 Å². The standard InChI is InChI=1S/C19H23N3O5/c1-12(2)21-19(23)13-8-9-15(16(10-13)22(24)25)20-11-14-6-5-7-17(26-3)18(14)27-4/h5-10,12,20H,11H2,1-4H3,(H,21,23). The third-order valence-corrected chi connectivity index (χ3v) is 3.83. The normalized spacial score (nSPS) is 10.4. The molecule has 1 amide bonds. The molecule has 0 atom stereocenters. The van der Waals surface area contributed by atoms with Gasteiger partial charge in [0.1, 0.15) is 5.69 Å². The second-order valence-corrected chi connectivity index (χ2v) is 6.12. The smallest absolute Gasteiger partial charge is 0.293 e. The lowest BCUT2D eigenvalue weighted by atomic mass is 10.1. The quantitative estimate of drug-likeness (QED) is 0.543. The maximum Gasteiger partial charge on any atom is 0.293 e. The molecule has 2 aromatic rings. The molecule has 0 bridgehead atoms. The molecule has 0 aliphatic carbocycles. The van der Waals surface area contributed by atoms with Gasteiger partial charge in [-0.05, 0) is 32.0 Å². The van der Waals surface area contributed by atoms with E-state index in [9.17, 15) is 14.9 Å². The summed E-state index contributed by atoms with van der Waals surface area (Å²) in [7, 11) is 3.08. The molecule has 0 spiro atoms.